The van der Waals surface area contributed by atoms with Crippen molar-refractivity contribution in [3.63, 3.8) is 0 Å². The number of aromatic nitrogens is 1. The highest BCUT2D eigenvalue weighted by Gasteiger charge is 2.41. The Kier molecular flexibility index (Phi) is 19.9. The molecule has 6 rings (SSSR count). The molecule has 14 N–H and O–H groups in total. The van der Waals surface area contributed by atoms with Gasteiger partial charge in [0, 0.05) is 29.3 Å². The molecule has 0 saturated heterocycles. The van der Waals surface area contributed by atoms with Crippen molar-refractivity contribution >= 4 is 81.8 Å². The number of hydrogen-bond donors (Lipinski definition) is 13. The van der Waals surface area contributed by atoms with Crippen LogP contribution in [0.2, 0.25) is 0 Å². The van der Waals surface area contributed by atoms with Gasteiger partial charge in [0.1, 0.15) is 36.3 Å². The van der Waals surface area contributed by atoms with Crippen molar-refractivity contribution in [1.82, 2.24) is 36.5 Å². The fraction of sp³-hybridized carbons (Fsp3) is 0.377. The van der Waals surface area contributed by atoms with Crippen LogP contribution in [0.1, 0.15) is 61.4 Å². The molecule has 1 heterocycles. The first-order chi connectivity index (χ1) is 35.5. The maximum absolute atomic E-state index is 14.5. The summed E-state index contributed by atoms with van der Waals surface area (Å²) < 4.78 is 0. The molecule has 0 aliphatic heterocycles. The lowest BCUT2D eigenvalue weighted by Crippen LogP contribution is -2.64. The molecule has 1 unspecified atom stereocenters. The normalized spacial score (nSPS) is 16.6. The van der Waals surface area contributed by atoms with E-state index in [2.05, 4.69) is 44.2 Å². The van der Waals surface area contributed by atoms with Crippen LogP contribution in [0, 0.1) is 0 Å². The molecular formula is C53H65N9O11S. The molecule has 1 aromatic heterocycles. The molecule has 0 radical (unpaired) electrons. The van der Waals surface area contributed by atoms with Gasteiger partial charge in [-0.25, -0.2) is 4.79 Å². The number of fused-ring (bicyclic) bond motifs is 1. The zero-order chi connectivity index (χ0) is 53.6. The number of para-hydroxylation sites is 1. The van der Waals surface area contributed by atoms with E-state index in [0.717, 1.165) is 44.6 Å². The van der Waals surface area contributed by atoms with Gasteiger partial charge in [-0.3, -0.25) is 28.8 Å². The van der Waals surface area contributed by atoms with Crippen LogP contribution in [-0.4, -0.2) is 145 Å². The van der Waals surface area contributed by atoms with Crippen molar-refractivity contribution in [2.45, 2.75) is 106 Å². The lowest BCUT2D eigenvalue weighted by atomic mass is 9.88. The van der Waals surface area contributed by atoms with Crippen molar-refractivity contribution in [2.24, 2.45) is 11.5 Å². The summed E-state index contributed by atoms with van der Waals surface area (Å²) >= 11 is 4.24. The summed E-state index contributed by atoms with van der Waals surface area (Å²) in [7, 11) is 0. The Labute approximate surface area is 433 Å². The third-order valence-corrected chi connectivity index (χ3v) is 13.3. The number of aromatic amines is 1. The average molecular weight is 1040 g/mol. The minimum absolute atomic E-state index is 0.00472. The molecule has 0 spiro atoms. The fourth-order valence-electron chi connectivity index (χ4n) is 9.03. The molecule has 21 heteroatoms. The van der Waals surface area contributed by atoms with Crippen LogP contribution < -0.4 is 38.1 Å². The van der Waals surface area contributed by atoms with Crippen LogP contribution >= 0.6 is 12.6 Å². The number of nitrogens with one attached hydrogen (secondary N) is 6. The third-order valence-electron chi connectivity index (χ3n) is 13.0. The molecular weight excluding hydrogens is 971 g/mol. The molecule has 394 valence electrons. The van der Waals surface area contributed by atoms with Crippen molar-refractivity contribution in [1.29, 1.82) is 0 Å². The van der Waals surface area contributed by atoms with Gasteiger partial charge < -0.3 is 68.4 Å². The molecule has 6 amide bonds. The Bertz CT molecular complexity index is 2820. The summed E-state index contributed by atoms with van der Waals surface area (Å²) in [4.78, 5) is 101. The van der Waals surface area contributed by atoms with Gasteiger partial charge in [0.2, 0.25) is 35.4 Å². The van der Waals surface area contributed by atoms with Crippen molar-refractivity contribution in [3.8, 4) is 0 Å². The van der Waals surface area contributed by atoms with Gasteiger partial charge in [-0.05, 0) is 85.2 Å². The minimum Gasteiger partial charge on any atom is -0.480 e. The summed E-state index contributed by atoms with van der Waals surface area (Å²) in [6.07, 6.45) is 2.70. The Hall–Kier alpha value is -7.14. The number of aliphatic hydroxyl groups excluding tert-OH is 3. The maximum Gasteiger partial charge on any atom is 0.327 e. The second-order valence-corrected chi connectivity index (χ2v) is 18.7. The number of amides is 6. The SMILES string of the molecule is C[C@@H](O)[C@H](NC(=O)[C@H](CCCCN)NC(=O)[C@@H](Cc1c[nH]c2ccccc12)NC(=O)[C@@H](N)Cc1ccccc1)C(=O)N[C@H](C(=O)N[C@@H](CO)C(=O)N(C1C=Cc2cccc3cccc1c23)[C@@H](CS)C(=O)O)[C@@H](C)O. The number of hydrogen-bond acceptors (Lipinski definition) is 13. The third kappa shape index (κ3) is 13.7. The number of benzene rings is 4. The maximum atomic E-state index is 14.5. The molecule has 0 bridgehead atoms. The van der Waals surface area contributed by atoms with E-state index >= 15 is 0 Å². The smallest absolute Gasteiger partial charge is 0.327 e. The largest absolute Gasteiger partial charge is 0.480 e. The van der Waals surface area contributed by atoms with Gasteiger partial charge in [-0.15, -0.1) is 0 Å². The second kappa shape index (κ2) is 26.2. The first kappa shape index (κ1) is 56.2. The van der Waals surface area contributed by atoms with E-state index < -0.39 is 109 Å². The predicted molar refractivity (Wildman–Crippen MR) is 281 cm³/mol. The molecule has 1 aliphatic carbocycles. The number of H-pyrrole nitrogens is 1. The average Bonchev–Trinajstić information content (AvgIpc) is 3.79. The van der Waals surface area contributed by atoms with Crippen LogP contribution in [-0.2, 0) is 46.4 Å². The number of nitrogens with zero attached hydrogens (tertiary/aromatic N) is 1. The molecule has 4 aromatic carbocycles. The number of aliphatic carboxylic acids is 1. The van der Waals surface area contributed by atoms with Crippen LogP contribution in [0.4, 0.5) is 0 Å². The summed E-state index contributed by atoms with van der Waals surface area (Å²) in [6.45, 7) is 1.55. The Morgan fingerprint density at radius 2 is 1.32 bits per heavy atom. The number of carboxylic acids is 1. The van der Waals surface area contributed by atoms with Crippen molar-refractivity contribution < 1.29 is 54.0 Å². The number of carbonyl (C=O) groups excluding carboxylic acids is 6. The van der Waals surface area contributed by atoms with Crippen LogP contribution in [0.5, 0.6) is 0 Å². The Balaban J connectivity index is 1.19. The number of thiol groups is 1. The van der Waals surface area contributed by atoms with Gasteiger partial charge in [0.25, 0.3) is 0 Å². The van der Waals surface area contributed by atoms with Crippen molar-refractivity contribution in [3.05, 3.63) is 126 Å². The van der Waals surface area contributed by atoms with Gasteiger partial charge in [0.05, 0.1) is 30.9 Å². The predicted octanol–water partition coefficient (Wildman–Crippen LogP) is 0.720. The highest BCUT2D eigenvalue weighted by atomic mass is 32.1. The van der Waals surface area contributed by atoms with E-state index in [1.807, 2.05) is 78.9 Å². The molecule has 0 fully saturated rings. The summed E-state index contributed by atoms with van der Waals surface area (Å²) in [6, 6.07) is 15.7. The van der Waals surface area contributed by atoms with Crippen LogP contribution in [0.15, 0.2) is 103 Å². The molecule has 20 nitrogen and oxygen atoms in total. The number of rotatable bonds is 26. The number of carboxylic acid groups (broad SMARTS) is 1. The Morgan fingerprint density at radius 3 is 1.97 bits per heavy atom. The summed E-state index contributed by atoms with van der Waals surface area (Å²) in [5, 5.41) is 57.6. The van der Waals surface area contributed by atoms with Gasteiger partial charge in [-0.1, -0.05) is 97.1 Å². The second-order valence-electron chi connectivity index (χ2n) is 18.3. The zero-order valence-electron chi connectivity index (χ0n) is 41.0. The number of aliphatic hydroxyl groups is 3. The number of unbranched alkanes of at least 4 members (excludes halogenated alkanes) is 1. The topological polar surface area (TPSA) is 332 Å². The highest BCUT2D eigenvalue weighted by molar-refractivity contribution is 7.80. The quantitative estimate of drug-likeness (QED) is 0.0269. The molecule has 74 heavy (non-hydrogen) atoms. The van der Waals surface area contributed by atoms with Gasteiger partial charge in [-0.2, -0.15) is 12.6 Å². The highest BCUT2D eigenvalue weighted by Crippen LogP contribution is 2.38. The van der Waals surface area contributed by atoms with E-state index in [-0.39, 0.29) is 31.6 Å². The van der Waals surface area contributed by atoms with E-state index in [9.17, 15) is 54.0 Å². The van der Waals surface area contributed by atoms with Gasteiger partial charge in [0.15, 0.2) is 0 Å². The standard InChI is InChI=1S/C53H65N9O11S/c1-29(64)45(50(69)59-41(27-63)52(71)62(43(28-74)53(72)73)42-22-21-33-15-10-14-32-16-11-18-36(42)44(32)33)61-51(70)46(30(2)65)60-48(67)39(20-8-9-23-54)57-49(68)40(25-34-26-56-38-19-7-6-17-35(34)38)58-47(66)37(55)24-31-12-4-3-5-13-31/h3-7,10-19,21-22,26,29-30,37,39-43,45-46,56,63-65,74H,8-9,20,23-25,27-28,54-55H2,1-2H3,(H,57,68)(H,58,66)(H,59,69)(H,60,67)(H,61,70)(H,72,73)/t29-,30-,37+,39+,40-,41+,42?,43+,45+,46+/m1/s1. The monoisotopic (exact) mass is 1040 g/mol. The van der Waals surface area contributed by atoms with Gasteiger partial charge >= 0.3 is 5.97 Å². The molecule has 5 aromatic rings. The molecule has 10 atom stereocenters. The Morgan fingerprint density at radius 1 is 0.716 bits per heavy atom. The van der Waals surface area contributed by atoms with Crippen LogP contribution in [0.25, 0.3) is 27.8 Å². The first-order valence-corrected chi connectivity index (χ1v) is 25.0. The molecule has 1 aliphatic rings. The van der Waals surface area contributed by atoms with E-state index in [1.54, 1.807) is 30.5 Å². The summed E-state index contributed by atoms with van der Waals surface area (Å²) in [5.41, 5.74) is 15.8. The number of carbonyl (C=O) groups is 7. The molecule has 0 saturated carbocycles. The number of nitrogens with two attached hydrogens (primary N) is 2. The first-order valence-electron chi connectivity index (χ1n) is 24.4. The fourth-order valence-corrected chi connectivity index (χ4v) is 9.37. The van der Waals surface area contributed by atoms with E-state index in [4.69, 9.17) is 11.5 Å². The minimum atomic E-state index is -1.87. The van der Waals surface area contributed by atoms with E-state index in [0.29, 0.717) is 24.0 Å². The lowest BCUT2D eigenvalue weighted by Gasteiger charge is -2.38. The van der Waals surface area contributed by atoms with E-state index in [1.165, 1.54) is 6.92 Å². The summed E-state index contributed by atoms with van der Waals surface area (Å²) in [5.74, 6) is -7.42. The van der Waals surface area contributed by atoms with Crippen molar-refractivity contribution in [2.75, 3.05) is 18.9 Å². The zero-order valence-corrected chi connectivity index (χ0v) is 41.9. The lowest BCUT2D eigenvalue weighted by molar-refractivity contribution is -0.152. The van der Waals surface area contributed by atoms with Crippen LogP contribution in [0.3, 0.4) is 0 Å².